The molecular formula is C22H16ClF3N2O2S. The molecule has 3 aromatic rings. The largest absolute Gasteiger partial charge is 0.416 e. The molecule has 0 N–H and O–H groups in total. The number of nitrogens with zero attached hydrogens (tertiary/aromatic N) is 2. The lowest BCUT2D eigenvalue weighted by Gasteiger charge is -2.17. The number of hydrazone groups is 1. The molecule has 0 aromatic heterocycles. The van der Waals surface area contributed by atoms with Crippen molar-refractivity contribution < 1.29 is 21.6 Å². The van der Waals surface area contributed by atoms with Gasteiger partial charge in [0.15, 0.2) is 0 Å². The Morgan fingerprint density at radius 3 is 2.10 bits per heavy atom. The summed E-state index contributed by atoms with van der Waals surface area (Å²) in [6.07, 6.45) is -4.55. The van der Waals surface area contributed by atoms with Gasteiger partial charge in [0.25, 0.3) is 10.0 Å². The number of sulfonamides is 1. The van der Waals surface area contributed by atoms with E-state index in [2.05, 4.69) is 5.10 Å². The maximum atomic E-state index is 13.1. The van der Waals surface area contributed by atoms with E-state index < -0.39 is 21.8 Å². The van der Waals surface area contributed by atoms with Crippen molar-refractivity contribution in [1.29, 1.82) is 0 Å². The van der Waals surface area contributed by atoms with Crippen LogP contribution < -0.4 is 0 Å². The number of hydrogen-bond donors (Lipinski definition) is 0. The van der Waals surface area contributed by atoms with Gasteiger partial charge in [-0.25, -0.2) is 0 Å². The molecule has 1 aliphatic heterocycles. The highest BCUT2D eigenvalue weighted by molar-refractivity contribution is 7.89. The van der Waals surface area contributed by atoms with Crippen LogP contribution in [-0.4, -0.2) is 25.1 Å². The first-order chi connectivity index (χ1) is 14.7. The first kappa shape index (κ1) is 21.4. The predicted molar refractivity (Wildman–Crippen MR) is 113 cm³/mol. The Morgan fingerprint density at radius 2 is 1.52 bits per heavy atom. The van der Waals surface area contributed by atoms with Gasteiger partial charge in [-0.1, -0.05) is 54.1 Å². The minimum absolute atomic E-state index is 0.0331. The zero-order chi connectivity index (χ0) is 22.2. The predicted octanol–water partition coefficient (Wildman–Crippen LogP) is 5.55. The van der Waals surface area contributed by atoms with Crippen molar-refractivity contribution >= 4 is 27.3 Å². The molecule has 0 bridgehead atoms. The van der Waals surface area contributed by atoms with Gasteiger partial charge in [0.2, 0.25) is 0 Å². The number of halogens is 4. The van der Waals surface area contributed by atoms with Gasteiger partial charge in [-0.3, -0.25) is 0 Å². The zero-order valence-corrected chi connectivity index (χ0v) is 17.5. The maximum Gasteiger partial charge on any atom is 0.416 e. The van der Waals surface area contributed by atoms with Crippen LogP contribution in [0.1, 0.15) is 22.6 Å². The number of alkyl halides is 3. The minimum atomic E-state index is -4.55. The van der Waals surface area contributed by atoms with Crippen LogP contribution in [0.25, 0.3) is 0 Å². The van der Waals surface area contributed by atoms with E-state index in [4.69, 9.17) is 11.6 Å². The molecule has 4 rings (SSSR count). The Hall–Kier alpha value is -2.84. The summed E-state index contributed by atoms with van der Waals surface area (Å²) in [5.41, 5.74) is 1.21. The van der Waals surface area contributed by atoms with Crippen LogP contribution in [-0.2, 0) is 16.2 Å². The molecule has 4 nitrogen and oxygen atoms in total. The molecule has 3 aromatic carbocycles. The topological polar surface area (TPSA) is 49.7 Å². The maximum absolute atomic E-state index is 13.1. The SMILES string of the molecule is O=S(=O)(c1ccc(C(F)(F)F)cc1)N1C[C@H](c2ccccc2)C(c2ccc(Cl)cc2)=N1. The molecule has 0 unspecified atom stereocenters. The van der Waals surface area contributed by atoms with Crippen molar-refractivity contribution in [3.05, 3.63) is 101 Å². The van der Waals surface area contributed by atoms with Crippen LogP contribution in [0.5, 0.6) is 0 Å². The van der Waals surface area contributed by atoms with E-state index in [1.165, 1.54) is 0 Å². The molecule has 31 heavy (non-hydrogen) atoms. The van der Waals surface area contributed by atoms with Crippen molar-refractivity contribution in [3.63, 3.8) is 0 Å². The Morgan fingerprint density at radius 1 is 0.903 bits per heavy atom. The molecule has 9 heteroatoms. The van der Waals surface area contributed by atoms with Crippen molar-refractivity contribution in [2.75, 3.05) is 6.54 Å². The molecule has 0 aliphatic carbocycles. The number of rotatable bonds is 4. The monoisotopic (exact) mass is 464 g/mol. The van der Waals surface area contributed by atoms with Crippen molar-refractivity contribution in [2.45, 2.75) is 17.0 Å². The van der Waals surface area contributed by atoms with Crippen molar-refractivity contribution in [2.24, 2.45) is 5.10 Å². The van der Waals surface area contributed by atoms with Crippen LogP contribution in [0, 0.1) is 0 Å². The van der Waals surface area contributed by atoms with E-state index >= 15 is 0 Å². The quantitative estimate of drug-likeness (QED) is 0.508. The Balaban J connectivity index is 1.73. The van der Waals surface area contributed by atoms with E-state index in [1.54, 1.807) is 24.3 Å². The van der Waals surface area contributed by atoms with E-state index in [9.17, 15) is 21.6 Å². The molecule has 1 aliphatic rings. The second-order valence-corrected chi connectivity index (χ2v) is 9.27. The standard InChI is InChI=1S/C22H16ClF3N2O2S/c23-18-10-6-16(7-11-18)21-20(15-4-2-1-3-5-15)14-28(27-21)31(29,30)19-12-8-17(9-13-19)22(24,25)26/h1-13,20H,14H2/t20-/m1/s1. The summed E-state index contributed by atoms with van der Waals surface area (Å²) >= 11 is 5.97. The van der Waals surface area contributed by atoms with Gasteiger partial charge in [-0.15, -0.1) is 0 Å². The Kier molecular flexibility index (Phi) is 5.53. The lowest BCUT2D eigenvalue weighted by Crippen LogP contribution is -2.26. The highest BCUT2D eigenvalue weighted by atomic mass is 35.5. The fourth-order valence-electron chi connectivity index (χ4n) is 3.39. The smallest absolute Gasteiger partial charge is 0.200 e. The molecule has 160 valence electrons. The summed E-state index contributed by atoms with van der Waals surface area (Å²) < 4.78 is 65.7. The third-order valence-electron chi connectivity index (χ3n) is 4.99. The zero-order valence-electron chi connectivity index (χ0n) is 15.9. The van der Waals surface area contributed by atoms with Crippen LogP contribution in [0.4, 0.5) is 13.2 Å². The molecule has 0 radical (unpaired) electrons. The van der Waals surface area contributed by atoms with Gasteiger partial charge in [0.05, 0.1) is 22.7 Å². The average Bonchev–Trinajstić information content (AvgIpc) is 3.21. The lowest BCUT2D eigenvalue weighted by molar-refractivity contribution is -0.137. The number of hydrogen-bond acceptors (Lipinski definition) is 3. The van der Waals surface area contributed by atoms with Gasteiger partial charge >= 0.3 is 6.18 Å². The first-order valence-electron chi connectivity index (χ1n) is 9.25. The van der Waals surface area contributed by atoms with Gasteiger partial charge in [-0.05, 0) is 47.5 Å². The lowest BCUT2D eigenvalue weighted by atomic mass is 9.91. The summed E-state index contributed by atoms with van der Waals surface area (Å²) in [7, 11) is -4.14. The molecule has 0 amide bonds. The van der Waals surface area contributed by atoms with Gasteiger partial charge in [0, 0.05) is 10.9 Å². The number of benzene rings is 3. The third-order valence-corrected chi connectivity index (χ3v) is 6.89. The highest BCUT2D eigenvalue weighted by Gasteiger charge is 2.37. The molecule has 1 atom stereocenters. The fourth-order valence-corrected chi connectivity index (χ4v) is 4.78. The normalized spacial score (nSPS) is 17.0. The van der Waals surface area contributed by atoms with E-state index in [0.717, 1.165) is 34.2 Å². The first-order valence-corrected chi connectivity index (χ1v) is 11.1. The fraction of sp³-hybridized carbons (Fsp3) is 0.136. The second-order valence-electron chi connectivity index (χ2n) is 6.99. The molecule has 0 saturated carbocycles. The Labute approximate surface area is 182 Å². The highest BCUT2D eigenvalue weighted by Crippen LogP contribution is 2.34. The van der Waals surface area contributed by atoms with E-state index in [-0.39, 0.29) is 17.4 Å². The average molecular weight is 465 g/mol. The van der Waals surface area contributed by atoms with Crippen molar-refractivity contribution in [3.8, 4) is 0 Å². The molecule has 1 heterocycles. The van der Waals surface area contributed by atoms with Crippen molar-refractivity contribution in [1.82, 2.24) is 4.41 Å². The Bertz CT molecular complexity index is 1210. The van der Waals surface area contributed by atoms with Crippen LogP contribution in [0.15, 0.2) is 88.9 Å². The second kappa shape index (κ2) is 8.01. The third kappa shape index (κ3) is 4.31. The molecular weight excluding hydrogens is 449 g/mol. The summed E-state index contributed by atoms with van der Waals surface area (Å²) in [4.78, 5) is -0.256. The van der Waals surface area contributed by atoms with E-state index in [0.29, 0.717) is 16.3 Å². The van der Waals surface area contributed by atoms with Gasteiger partial charge < -0.3 is 0 Å². The van der Waals surface area contributed by atoms with Gasteiger partial charge in [0.1, 0.15) is 0 Å². The molecule has 0 spiro atoms. The van der Waals surface area contributed by atoms with Crippen LogP contribution in [0.3, 0.4) is 0 Å². The summed E-state index contributed by atoms with van der Waals surface area (Å²) in [6, 6.07) is 19.6. The molecule has 0 fully saturated rings. The summed E-state index contributed by atoms with van der Waals surface area (Å²) in [5.74, 6) is -0.341. The molecule has 0 saturated heterocycles. The van der Waals surface area contributed by atoms with E-state index in [1.807, 2.05) is 30.3 Å². The summed E-state index contributed by atoms with van der Waals surface area (Å²) in [5, 5.41) is 4.90. The van der Waals surface area contributed by atoms with Crippen LogP contribution >= 0.6 is 11.6 Å². The van der Waals surface area contributed by atoms with Gasteiger partial charge in [-0.2, -0.15) is 31.1 Å². The summed E-state index contributed by atoms with van der Waals surface area (Å²) in [6.45, 7) is 0.0331. The minimum Gasteiger partial charge on any atom is -0.200 e. The van der Waals surface area contributed by atoms with Crippen LogP contribution in [0.2, 0.25) is 5.02 Å².